The van der Waals surface area contributed by atoms with Gasteiger partial charge < -0.3 is 15.2 Å². The van der Waals surface area contributed by atoms with E-state index in [2.05, 4.69) is 10.3 Å². The van der Waals surface area contributed by atoms with Gasteiger partial charge in [0.2, 0.25) is 5.91 Å². The number of benzene rings is 1. The van der Waals surface area contributed by atoms with Crippen LogP contribution in [0.3, 0.4) is 0 Å². The molecule has 2 N–H and O–H groups in total. The van der Waals surface area contributed by atoms with Crippen molar-refractivity contribution >= 4 is 22.4 Å². The summed E-state index contributed by atoms with van der Waals surface area (Å²) in [5, 5.41) is 4.21. The van der Waals surface area contributed by atoms with Gasteiger partial charge >= 0.3 is 6.18 Å². The number of aromatic amines is 1. The molecule has 0 fully saturated rings. The largest absolute Gasteiger partial charge is 0.416 e. The van der Waals surface area contributed by atoms with Gasteiger partial charge in [0.05, 0.1) is 11.5 Å². The molecule has 4 rings (SSSR count). The van der Waals surface area contributed by atoms with Gasteiger partial charge in [0, 0.05) is 42.8 Å². The van der Waals surface area contributed by atoms with E-state index in [9.17, 15) is 18.0 Å². The maximum absolute atomic E-state index is 13.4. The number of hydrogen-bond acceptors (Lipinski definition) is 2. The number of amides is 1. The Hall–Kier alpha value is -2.28. The summed E-state index contributed by atoms with van der Waals surface area (Å²) in [6.07, 6.45) is -0.0367. The Bertz CT molecular complexity index is 924. The minimum atomic E-state index is -4.41. The van der Waals surface area contributed by atoms with Crippen LogP contribution in [0.2, 0.25) is 0 Å². The van der Waals surface area contributed by atoms with Gasteiger partial charge in [-0.3, -0.25) is 4.79 Å². The third-order valence-corrected chi connectivity index (χ3v) is 5.66. The summed E-state index contributed by atoms with van der Waals surface area (Å²) in [6, 6.07) is 2.32. The van der Waals surface area contributed by atoms with E-state index in [1.165, 1.54) is 6.07 Å². The second kappa shape index (κ2) is 6.41. The van der Waals surface area contributed by atoms with Crippen LogP contribution < -0.4 is 5.32 Å². The molecule has 2 aliphatic rings. The molecule has 0 radical (unpaired) electrons. The first-order chi connectivity index (χ1) is 12.8. The second-order valence-electron chi connectivity index (χ2n) is 7.16. The molecule has 1 aliphatic heterocycles. The lowest BCUT2D eigenvalue weighted by molar-refractivity contribution is -0.137. The zero-order valence-electron chi connectivity index (χ0n) is 15.3. The molecule has 1 aliphatic carbocycles. The predicted molar refractivity (Wildman–Crippen MR) is 98.2 cm³/mol. The van der Waals surface area contributed by atoms with Crippen molar-refractivity contribution in [3.63, 3.8) is 0 Å². The number of nitrogens with one attached hydrogen (secondary N) is 2. The van der Waals surface area contributed by atoms with Crippen molar-refractivity contribution in [1.29, 1.82) is 0 Å². The van der Waals surface area contributed by atoms with E-state index in [0.717, 1.165) is 22.6 Å². The Balaban J connectivity index is 1.83. The van der Waals surface area contributed by atoms with Gasteiger partial charge in [0.1, 0.15) is 0 Å². The first kappa shape index (κ1) is 18.1. The highest BCUT2D eigenvalue weighted by Crippen LogP contribution is 2.42. The molecule has 2 atom stereocenters. The van der Waals surface area contributed by atoms with Crippen LogP contribution in [-0.4, -0.2) is 41.5 Å². The van der Waals surface area contributed by atoms with E-state index >= 15 is 0 Å². The number of carbonyl (C=O) groups excluding carboxylic acids is 1. The fraction of sp³-hybridized carbons (Fsp3) is 0.450. The maximum Gasteiger partial charge on any atom is 0.416 e. The van der Waals surface area contributed by atoms with Crippen molar-refractivity contribution in [1.82, 2.24) is 15.2 Å². The minimum absolute atomic E-state index is 0.0153. The summed E-state index contributed by atoms with van der Waals surface area (Å²) in [4.78, 5) is 17.5. The molecule has 2 unspecified atom stereocenters. The zero-order chi connectivity index (χ0) is 19.3. The lowest BCUT2D eigenvalue weighted by atomic mass is 9.80. The molecule has 144 valence electrons. The quantitative estimate of drug-likeness (QED) is 0.859. The van der Waals surface area contributed by atoms with Crippen molar-refractivity contribution < 1.29 is 18.0 Å². The first-order valence-electron chi connectivity index (χ1n) is 9.29. The molecule has 2 aromatic rings. The molecule has 1 aromatic heterocycles. The highest BCUT2D eigenvalue weighted by Gasteiger charge is 2.37. The van der Waals surface area contributed by atoms with Crippen molar-refractivity contribution in [2.75, 3.05) is 19.6 Å². The Labute approximate surface area is 155 Å². The Morgan fingerprint density at radius 3 is 2.67 bits per heavy atom. The number of carbonyl (C=O) groups is 1. The van der Waals surface area contributed by atoms with E-state index in [0.29, 0.717) is 37.1 Å². The average Bonchev–Trinajstić information content (AvgIpc) is 3.05. The Kier molecular flexibility index (Phi) is 4.29. The summed E-state index contributed by atoms with van der Waals surface area (Å²) in [5.74, 6) is -0.345. The molecular weight excluding hydrogens is 355 g/mol. The highest BCUT2D eigenvalue weighted by atomic mass is 19.4. The monoisotopic (exact) mass is 377 g/mol. The van der Waals surface area contributed by atoms with Gasteiger partial charge in [-0.2, -0.15) is 13.2 Å². The maximum atomic E-state index is 13.4. The number of rotatable bonds is 3. The molecule has 27 heavy (non-hydrogen) atoms. The van der Waals surface area contributed by atoms with Gasteiger partial charge in [-0.1, -0.05) is 6.08 Å². The summed E-state index contributed by atoms with van der Waals surface area (Å²) in [7, 11) is 0. The smallest absolute Gasteiger partial charge is 0.361 e. The van der Waals surface area contributed by atoms with Crippen LogP contribution in [-0.2, 0) is 17.4 Å². The molecule has 0 saturated carbocycles. The lowest BCUT2D eigenvalue weighted by Crippen LogP contribution is -2.46. The fourth-order valence-electron chi connectivity index (χ4n) is 4.27. The van der Waals surface area contributed by atoms with Crippen LogP contribution >= 0.6 is 0 Å². The first-order valence-corrected chi connectivity index (χ1v) is 9.29. The van der Waals surface area contributed by atoms with E-state index in [1.807, 2.05) is 19.9 Å². The standard InChI is InChI=1S/C20H22F3N3O/c1-3-26(4-2)19(27)12-5-14-15-7-13(20(21,22)23)8-17-18(15)11(9-25-17)6-16(14)24-10-12/h5,7-9,12,16,24-25H,3-4,6,10H2,1-2H3. The van der Waals surface area contributed by atoms with E-state index in [4.69, 9.17) is 0 Å². The molecular formula is C20H22F3N3O. The number of H-pyrrole nitrogens is 1. The van der Waals surface area contributed by atoms with E-state index in [1.54, 1.807) is 11.1 Å². The average molecular weight is 377 g/mol. The number of halogens is 3. The van der Waals surface area contributed by atoms with Gasteiger partial charge in [-0.25, -0.2) is 0 Å². The number of fused-ring (bicyclic) bond motifs is 2. The minimum Gasteiger partial charge on any atom is -0.361 e. The third kappa shape index (κ3) is 2.94. The molecule has 0 saturated heterocycles. The molecule has 4 nitrogen and oxygen atoms in total. The van der Waals surface area contributed by atoms with Gasteiger partial charge in [-0.05, 0) is 49.1 Å². The summed E-state index contributed by atoms with van der Waals surface area (Å²) in [6.45, 7) is 5.60. The Morgan fingerprint density at radius 1 is 1.26 bits per heavy atom. The van der Waals surface area contributed by atoms with Crippen molar-refractivity contribution in [2.24, 2.45) is 5.92 Å². The van der Waals surface area contributed by atoms with E-state index in [-0.39, 0.29) is 17.9 Å². The second-order valence-corrected chi connectivity index (χ2v) is 7.16. The third-order valence-electron chi connectivity index (χ3n) is 5.66. The van der Waals surface area contributed by atoms with E-state index < -0.39 is 11.7 Å². The van der Waals surface area contributed by atoms with Crippen LogP contribution in [0.25, 0.3) is 16.5 Å². The predicted octanol–water partition coefficient (Wildman–Crippen LogP) is 3.58. The van der Waals surface area contributed by atoms with Crippen molar-refractivity contribution in [3.05, 3.63) is 41.1 Å². The number of nitrogens with zero attached hydrogens (tertiary/aromatic N) is 1. The molecule has 7 heteroatoms. The summed E-state index contributed by atoms with van der Waals surface area (Å²) >= 11 is 0. The Morgan fingerprint density at radius 2 is 2.00 bits per heavy atom. The van der Waals surface area contributed by atoms with Gasteiger partial charge in [0.15, 0.2) is 0 Å². The van der Waals surface area contributed by atoms with Crippen LogP contribution in [0.15, 0.2) is 24.4 Å². The van der Waals surface area contributed by atoms with Crippen LogP contribution in [0.4, 0.5) is 13.2 Å². The number of hydrogen-bond donors (Lipinski definition) is 2. The summed E-state index contributed by atoms with van der Waals surface area (Å²) in [5.41, 5.74) is 2.22. The SMILES string of the molecule is CCN(CC)C(=O)C1C=C2c3cc(C(F)(F)F)cc4[nH]cc(c34)CC2NC1. The zero-order valence-corrected chi connectivity index (χ0v) is 15.3. The number of alkyl halides is 3. The summed E-state index contributed by atoms with van der Waals surface area (Å²) < 4.78 is 40.1. The number of aromatic nitrogens is 1. The fourth-order valence-corrected chi connectivity index (χ4v) is 4.27. The molecule has 1 amide bonds. The van der Waals surface area contributed by atoms with Crippen molar-refractivity contribution in [3.8, 4) is 0 Å². The van der Waals surface area contributed by atoms with Gasteiger partial charge in [-0.15, -0.1) is 0 Å². The molecule has 0 spiro atoms. The lowest BCUT2D eigenvalue weighted by Gasteiger charge is -2.35. The highest BCUT2D eigenvalue weighted by molar-refractivity contribution is 6.00. The van der Waals surface area contributed by atoms with Crippen LogP contribution in [0.5, 0.6) is 0 Å². The van der Waals surface area contributed by atoms with Crippen molar-refractivity contribution in [2.45, 2.75) is 32.5 Å². The topological polar surface area (TPSA) is 48.1 Å². The van der Waals surface area contributed by atoms with Crippen LogP contribution in [0, 0.1) is 5.92 Å². The molecule has 2 heterocycles. The normalized spacial score (nSPS) is 21.7. The molecule has 1 aromatic carbocycles. The van der Waals surface area contributed by atoms with Crippen LogP contribution in [0.1, 0.15) is 30.5 Å². The van der Waals surface area contributed by atoms with Gasteiger partial charge in [0.25, 0.3) is 0 Å². The molecule has 0 bridgehead atoms.